The lowest BCUT2D eigenvalue weighted by atomic mass is 10.1. The second-order valence-electron chi connectivity index (χ2n) is 6.26. The first-order valence-electron chi connectivity index (χ1n) is 8.32. The highest BCUT2D eigenvalue weighted by Gasteiger charge is 2.37. The number of hydrogen-bond acceptors (Lipinski definition) is 7. The highest BCUT2D eigenvalue weighted by molar-refractivity contribution is 7.07. The van der Waals surface area contributed by atoms with Gasteiger partial charge in [-0.2, -0.15) is 5.26 Å². The summed E-state index contributed by atoms with van der Waals surface area (Å²) in [7, 11) is 0. The third kappa shape index (κ3) is 3.98. The van der Waals surface area contributed by atoms with Crippen molar-refractivity contribution in [1.29, 1.82) is 5.26 Å². The van der Waals surface area contributed by atoms with Gasteiger partial charge < -0.3 is 15.0 Å². The van der Waals surface area contributed by atoms with Crippen molar-refractivity contribution in [2.75, 3.05) is 13.3 Å². The summed E-state index contributed by atoms with van der Waals surface area (Å²) in [5.74, 6) is -0.497. The molecule has 0 bridgehead atoms. The second kappa shape index (κ2) is 7.91. The largest absolute Gasteiger partial charge is 0.361 e. The minimum atomic E-state index is -0.738. The Balaban J connectivity index is 1.74. The maximum absolute atomic E-state index is 13.0. The van der Waals surface area contributed by atoms with Crippen LogP contribution in [0.15, 0.2) is 10.9 Å². The topological polar surface area (TPSA) is 107 Å². The van der Waals surface area contributed by atoms with E-state index in [0.29, 0.717) is 26.1 Å². The van der Waals surface area contributed by atoms with E-state index in [1.807, 2.05) is 12.3 Å². The van der Waals surface area contributed by atoms with E-state index < -0.39 is 18.1 Å². The third-order valence-corrected chi connectivity index (χ3v) is 5.23. The fourth-order valence-corrected chi connectivity index (χ4v) is 3.78. The van der Waals surface area contributed by atoms with Crippen LogP contribution < -0.4 is 10.6 Å². The lowest BCUT2D eigenvalue weighted by Crippen LogP contribution is -2.55. The number of carbonyl (C=O) groups is 2. The molecule has 2 aliphatic heterocycles. The molecule has 2 N–H and O–H groups in total. The van der Waals surface area contributed by atoms with Gasteiger partial charge in [-0.05, 0) is 19.8 Å². The van der Waals surface area contributed by atoms with Gasteiger partial charge in [0.2, 0.25) is 11.8 Å². The summed E-state index contributed by atoms with van der Waals surface area (Å²) in [5.41, 5.74) is 2.45. The SMILES string of the molecule is C[C@H]1OCN[C@H]1C(=O)N[C@@H](Cc1cscn1)C(=O)N1CCC[C@H]1C#N. The van der Waals surface area contributed by atoms with Gasteiger partial charge in [-0.25, -0.2) is 4.98 Å². The zero-order valence-electron chi connectivity index (χ0n) is 14.0. The smallest absolute Gasteiger partial charge is 0.246 e. The monoisotopic (exact) mass is 363 g/mol. The minimum Gasteiger partial charge on any atom is -0.361 e. The molecule has 134 valence electrons. The molecule has 2 fully saturated rings. The van der Waals surface area contributed by atoms with Crippen molar-refractivity contribution >= 4 is 23.2 Å². The van der Waals surface area contributed by atoms with Crippen molar-refractivity contribution in [1.82, 2.24) is 20.5 Å². The highest BCUT2D eigenvalue weighted by Crippen LogP contribution is 2.19. The van der Waals surface area contributed by atoms with E-state index in [2.05, 4.69) is 21.7 Å². The van der Waals surface area contributed by atoms with Gasteiger partial charge in [-0.15, -0.1) is 11.3 Å². The molecule has 25 heavy (non-hydrogen) atoms. The van der Waals surface area contributed by atoms with E-state index in [1.54, 1.807) is 10.4 Å². The Morgan fingerprint density at radius 2 is 2.48 bits per heavy atom. The summed E-state index contributed by atoms with van der Waals surface area (Å²) >= 11 is 1.44. The number of hydrogen-bond donors (Lipinski definition) is 2. The van der Waals surface area contributed by atoms with Gasteiger partial charge >= 0.3 is 0 Å². The normalized spacial score (nSPS) is 27.0. The molecule has 0 aliphatic carbocycles. The van der Waals surface area contributed by atoms with Crippen molar-refractivity contribution in [3.8, 4) is 6.07 Å². The van der Waals surface area contributed by atoms with Crippen LogP contribution in [-0.4, -0.2) is 59.2 Å². The molecular weight excluding hydrogens is 342 g/mol. The Hall–Kier alpha value is -2.02. The van der Waals surface area contributed by atoms with Crippen LogP contribution in [0.3, 0.4) is 0 Å². The number of rotatable bonds is 5. The summed E-state index contributed by atoms with van der Waals surface area (Å²) in [6.07, 6.45) is 1.53. The Morgan fingerprint density at radius 1 is 1.64 bits per heavy atom. The Bertz CT molecular complexity index is 659. The molecule has 1 aromatic heterocycles. The Kier molecular flexibility index (Phi) is 5.63. The van der Waals surface area contributed by atoms with E-state index >= 15 is 0 Å². The average Bonchev–Trinajstić information content (AvgIpc) is 3.34. The van der Waals surface area contributed by atoms with Crippen molar-refractivity contribution < 1.29 is 14.3 Å². The standard InChI is InChI=1S/C16H21N5O3S/c1-10-14(18-8-24-10)15(22)20-13(5-11-7-25-9-19-11)16(23)21-4-2-3-12(21)6-17/h7,9-10,12-14,18H,2-5,8H2,1H3,(H,20,22)/t10-,12+,13+,14-/m1/s1. The third-order valence-electron chi connectivity index (χ3n) is 4.60. The second-order valence-corrected chi connectivity index (χ2v) is 6.98. The lowest BCUT2D eigenvalue weighted by molar-refractivity contribution is -0.137. The first-order valence-corrected chi connectivity index (χ1v) is 9.27. The Labute approximate surface area is 150 Å². The van der Waals surface area contributed by atoms with Gasteiger partial charge in [0.15, 0.2) is 0 Å². The lowest BCUT2D eigenvalue weighted by Gasteiger charge is -2.27. The molecular formula is C16H21N5O3S. The van der Waals surface area contributed by atoms with Gasteiger partial charge in [0.25, 0.3) is 0 Å². The molecule has 0 spiro atoms. The molecule has 3 rings (SSSR count). The van der Waals surface area contributed by atoms with Crippen LogP contribution in [0.4, 0.5) is 0 Å². The molecule has 0 radical (unpaired) electrons. The number of nitriles is 1. The maximum Gasteiger partial charge on any atom is 0.246 e. The number of aromatic nitrogens is 1. The van der Waals surface area contributed by atoms with Gasteiger partial charge in [0.1, 0.15) is 18.1 Å². The van der Waals surface area contributed by atoms with Crippen molar-refractivity contribution in [2.45, 2.75) is 50.4 Å². The predicted molar refractivity (Wildman–Crippen MR) is 90.4 cm³/mol. The molecule has 2 aliphatic rings. The Morgan fingerprint density at radius 3 is 3.12 bits per heavy atom. The van der Waals surface area contributed by atoms with Crippen LogP contribution in [0.2, 0.25) is 0 Å². The fraction of sp³-hybridized carbons (Fsp3) is 0.625. The van der Waals surface area contributed by atoms with Gasteiger partial charge in [0.05, 0.1) is 30.1 Å². The van der Waals surface area contributed by atoms with Crippen LogP contribution in [-0.2, 0) is 20.7 Å². The quantitative estimate of drug-likeness (QED) is 0.764. The summed E-state index contributed by atoms with van der Waals surface area (Å²) in [6, 6.07) is 0.521. The van der Waals surface area contributed by atoms with E-state index in [0.717, 1.165) is 12.1 Å². The minimum absolute atomic E-state index is 0.225. The molecule has 8 nitrogen and oxygen atoms in total. The van der Waals surface area contributed by atoms with Gasteiger partial charge in [0, 0.05) is 18.3 Å². The van der Waals surface area contributed by atoms with Crippen molar-refractivity contribution in [3.63, 3.8) is 0 Å². The number of nitrogens with zero attached hydrogens (tertiary/aromatic N) is 3. The molecule has 2 saturated heterocycles. The number of amides is 2. The van der Waals surface area contributed by atoms with Crippen LogP contribution in [0.5, 0.6) is 0 Å². The molecule has 0 saturated carbocycles. The van der Waals surface area contributed by atoms with Crippen molar-refractivity contribution in [2.24, 2.45) is 0 Å². The van der Waals surface area contributed by atoms with Crippen LogP contribution >= 0.6 is 11.3 Å². The molecule has 0 aromatic carbocycles. The van der Waals surface area contributed by atoms with E-state index in [1.165, 1.54) is 11.3 Å². The molecule has 3 heterocycles. The van der Waals surface area contributed by atoms with Crippen LogP contribution in [0.25, 0.3) is 0 Å². The number of carbonyl (C=O) groups excluding carboxylic acids is 2. The first-order chi connectivity index (χ1) is 12.1. The fourth-order valence-electron chi connectivity index (χ4n) is 3.21. The summed E-state index contributed by atoms with van der Waals surface area (Å²) in [6.45, 7) is 2.67. The molecule has 9 heteroatoms. The number of ether oxygens (including phenoxy) is 1. The van der Waals surface area contributed by atoms with E-state index in [9.17, 15) is 14.9 Å². The summed E-state index contributed by atoms with van der Waals surface area (Å²) < 4.78 is 5.35. The summed E-state index contributed by atoms with van der Waals surface area (Å²) in [4.78, 5) is 31.3. The van der Waals surface area contributed by atoms with Crippen molar-refractivity contribution in [3.05, 3.63) is 16.6 Å². The van der Waals surface area contributed by atoms with Crippen LogP contribution in [0.1, 0.15) is 25.5 Å². The van der Waals surface area contributed by atoms with Gasteiger partial charge in [-0.1, -0.05) is 0 Å². The average molecular weight is 363 g/mol. The summed E-state index contributed by atoms with van der Waals surface area (Å²) in [5, 5.41) is 16.9. The van der Waals surface area contributed by atoms with Gasteiger partial charge in [-0.3, -0.25) is 14.9 Å². The first kappa shape index (κ1) is 17.8. The molecule has 0 unspecified atom stereocenters. The molecule has 4 atom stereocenters. The number of nitrogens with one attached hydrogen (secondary N) is 2. The van der Waals surface area contributed by atoms with E-state index in [4.69, 9.17) is 4.74 Å². The molecule has 1 aromatic rings. The van der Waals surface area contributed by atoms with Crippen LogP contribution in [0, 0.1) is 11.3 Å². The predicted octanol–water partition coefficient (Wildman–Crippen LogP) is 0.0194. The number of thiazole rings is 1. The highest BCUT2D eigenvalue weighted by atomic mass is 32.1. The number of likely N-dealkylation sites (tertiary alicyclic amines) is 1. The zero-order chi connectivity index (χ0) is 17.8. The maximum atomic E-state index is 13.0. The zero-order valence-corrected chi connectivity index (χ0v) is 14.8. The van der Waals surface area contributed by atoms with E-state index in [-0.39, 0.29) is 17.9 Å². The molecule has 2 amide bonds.